The smallest absolute Gasteiger partial charge is 0.164 e. The Kier molecular flexibility index (Phi) is 3.71. The highest BCUT2D eigenvalue weighted by Gasteiger charge is 2.05. The average Bonchev–Trinajstić information content (AvgIpc) is 2.71. The highest BCUT2D eigenvalue weighted by molar-refractivity contribution is 6.31. The molecule has 2 rings (SSSR count). The summed E-state index contributed by atoms with van der Waals surface area (Å²) >= 11 is 5.93. The van der Waals surface area contributed by atoms with Crippen LogP contribution in [0.25, 0.3) is 0 Å². The maximum atomic E-state index is 12.9. The van der Waals surface area contributed by atoms with Crippen molar-refractivity contribution in [2.24, 2.45) is 0 Å². The Morgan fingerprint density at radius 3 is 3.00 bits per heavy atom. The molecular formula is C11H12ClFN4. The lowest BCUT2D eigenvalue weighted by Gasteiger charge is -2.03. The van der Waals surface area contributed by atoms with Gasteiger partial charge in [0, 0.05) is 5.02 Å². The van der Waals surface area contributed by atoms with Crippen LogP contribution in [0.2, 0.25) is 5.02 Å². The molecule has 0 saturated heterocycles. The van der Waals surface area contributed by atoms with Crippen LogP contribution in [0, 0.1) is 5.82 Å². The fraction of sp³-hybridized carbons (Fsp3) is 0.273. The van der Waals surface area contributed by atoms with Crippen LogP contribution in [0.1, 0.15) is 11.4 Å². The lowest BCUT2D eigenvalue weighted by molar-refractivity contribution is 0.623. The minimum absolute atomic E-state index is 0.340. The molecule has 1 heterocycles. The van der Waals surface area contributed by atoms with Gasteiger partial charge in [-0.3, -0.25) is 0 Å². The second-order valence-electron chi connectivity index (χ2n) is 3.62. The van der Waals surface area contributed by atoms with Gasteiger partial charge in [-0.15, -0.1) is 0 Å². The van der Waals surface area contributed by atoms with Crippen LogP contribution < -0.4 is 5.32 Å². The van der Waals surface area contributed by atoms with Crippen LogP contribution in [0.15, 0.2) is 24.5 Å². The summed E-state index contributed by atoms with van der Waals surface area (Å²) < 4.78 is 14.5. The molecule has 0 bridgehead atoms. The zero-order valence-electron chi connectivity index (χ0n) is 9.32. The minimum Gasteiger partial charge on any atom is -0.313 e. The number of nitrogens with one attached hydrogen (secondary N) is 1. The molecule has 0 spiro atoms. The van der Waals surface area contributed by atoms with Crippen LogP contribution in [0.3, 0.4) is 0 Å². The molecule has 0 aliphatic carbocycles. The average molecular weight is 255 g/mol. The van der Waals surface area contributed by atoms with E-state index in [2.05, 4.69) is 15.4 Å². The number of aromatic nitrogens is 3. The molecule has 6 heteroatoms. The van der Waals surface area contributed by atoms with Gasteiger partial charge in [0.2, 0.25) is 0 Å². The number of nitrogens with zero attached hydrogens (tertiary/aromatic N) is 3. The van der Waals surface area contributed by atoms with Crippen LogP contribution >= 0.6 is 11.6 Å². The molecule has 0 fully saturated rings. The molecule has 90 valence electrons. The van der Waals surface area contributed by atoms with E-state index in [-0.39, 0.29) is 5.82 Å². The first kappa shape index (κ1) is 12.0. The molecule has 2 aromatic rings. The Labute approximate surface area is 103 Å². The number of rotatable bonds is 4. The number of hydrogen-bond donors (Lipinski definition) is 1. The summed E-state index contributed by atoms with van der Waals surface area (Å²) in [6, 6.07) is 4.33. The second-order valence-corrected chi connectivity index (χ2v) is 4.03. The standard InChI is InChI=1S/C11H12ClFN4/c1-14-5-11-15-7-17(16-11)6-8-2-3-9(13)4-10(8)12/h2-4,7,14H,5-6H2,1H3. The first-order valence-corrected chi connectivity index (χ1v) is 5.53. The van der Waals surface area contributed by atoms with Crippen LogP contribution in [-0.2, 0) is 13.1 Å². The van der Waals surface area contributed by atoms with Crippen LogP contribution in [0.4, 0.5) is 4.39 Å². The summed E-state index contributed by atoms with van der Waals surface area (Å²) in [7, 11) is 1.83. The van der Waals surface area contributed by atoms with Crippen molar-refractivity contribution < 1.29 is 4.39 Å². The van der Waals surface area contributed by atoms with Gasteiger partial charge in [0.25, 0.3) is 0 Å². The summed E-state index contributed by atoms with van der Waals surface area (Å²) in [5.74, 6) is 0.374. The van der Waals surface area contributed by atoms with E-state index in [0.29, 0.717) is 23.9 Å². The summed E-state index contributed by atoms with van der Waals surface area (Å²) in [5, 5.41) is 7.61. The summed E-state index contributed by atoms with van der Waals surface area (Å²) in [6.45, 7) is 1.10. The second kappa shape index (κ2) is 5.25. The van der Waals surface area contributed by atoms with Crippen molar-refractivity contribution in [2.45, 2.75) is 13.1 Å². The Hall–Kier alpha value is -1.46. The number of benzene rings is 1. The lowest BCUT2D eigenvalue weighted by Crippen LogP contribution is -2.08. The Bertz CT molecular complexity index is 512. The maximum absolute atomic E-state index is 12.9. The third-order valence-electron chi connectivity index (χ3n) is 2.27. The zero-order chi connectivity index (χ0) is 12.3. The largest absolute Gasteiger partial charge is 0.313 e. The zero-order valence-corrected chi connectivity index (χ0v) is 10.1. The van der Waals surface area contributed by atoms with E-state index in [1.54, 1.807) is 17.1 Å². The van der Waals surface area contributed by atoms with Crippen molar-refractivity contribution >= 4 is 11.6 Å². The van der Waals surface area contributed by atoms with E-state index >= 15 is 0 Å². The molecule has 0 amide bonds. The van der Waals surface area contributed by atoms with Crippen molar-refractivity contribution in [3.05, 3.63) is 46.8 Å². The summed E-state index contributed by atoms with van der Waals surface area (Å²) in [4.78, 5) is 4.12. The third-order valence-corrected chi connectivity index (χ3v) is 2.62. The van der Waals surface area contributed by atoms with Gasteiger partial charge in [-0.05, 0) is 24.7 Å². The Balaban J connectivity index is 2.13. The quantitative estimate of drug-likeness (QED) is 0.905. The topological polar surface area (TPSA) is 42.7 Å². The van der Waals surface area contributed by atoms with Gasteiger partial charge in [0.15, 0.2) is 5.82 Å². The summed E-state index contributed by atoms with van der Waals surface area (Å²) in [6.07, 6.45) is 1.63. The van der Waals surface area contributed by atoms with Crippen molar-refractivity contribution in [1.29, 1.82) is 0 Å². The van der Waals surface area contributed by atoms with E-state index in [9.17, 15) is 4.39 Å². The Morgan fingerprint density at radius 2 is 2.29 bits per heavy atom. The van der Waals surface area contributed by atoms with Crippen molar-refractivity contribution in [1.82, 2.24) is 20.1 Å². The number of hydrogen-bond acceptors (Lipinski definition) is 3. The minimum atomic E-state index is -0.340. The fourth-order valence-electron chi connectivity index (χ4n) is 1.47. The molecule has 1 aromatic carbocycles. The van der Waals surface area contributed by atoms with Gasteiger partial charge in [-0.2, -0.15) is 5.10 Å². The lowest BCUT2D eigenvalue weighted by atomic mass is 10.2. The molecule has 0 unspecified atom stereocenters. The van der Waals surface area contributed by atoms with Crippen molar-refractivity contribution in [3.8, 4) is 0 Å². The van der Waals surface area contributed by atoms with Gasteiger partial charge in [-0.1, -0.05) is 17.7 Å². The molecule has 0 aliphatic rings. The maximum Gasteiger partial charge on any atom is 0.164 e. The van der Waals surface area contributed by atoms with E-state index in [1.165, 1.54) is 12.1 Å². The third kappa shape index (κ3) is 3.01. The molecule has 0 radical (unpaired) electrons. The van der Waals surface area contributed by atoms with Crippen molar-refractivity contribution in [3.63, 3.8) is 0 Å². The first-order chi connectivity index (χ1) is 8.19. The highest BCUT2D eigenvalue weighted by Crippen LogP contribution is 2.17. The normalized spacial score (nSPS) is 10.8. The van der Waals surface area contributed by atoms with Gasteiger partial charge in [0.1, 0.15) is 12.1 Å². The Morgan fingerprint density at radius 1 is 1.47 bits per heavy atom. The van der Waals surface area contributed by atoms with Gasteiger partial charge < -0.3 is 5.32 Å². The number of halogens is 2. The molecule has 0 saturated carbocycles. The molecule has 1 aromatic heterocycles. The van der Waals surface area contributed by atoms with E-state index in [0.717, 1.165) is 5.56 Å². The fourth-order valence-corrected chi connectivity index (χ4v) is 1.70. The van der Waals surface area contributed by atoms with E-state index in [1.807, 2.05) is 7.05 Å². The van der Waals surface area contributed by atoms with Gasteiger partial charge in [-0.25, -0.2) is 14.1 Å². The molecule has 0 atom stereocenters. The molecule has 4 nitrogen and oxygen atoms in total. The van der Waals surface area contributed by atoms with Gasteiger partial charge in [0.05, 0.1) is 13.1 Å². The molecular weight excluding hydrogens is 243 g/mol. The van der Waals surface area contributed by atoms with Gasteiger partial charge >= 0.3 is 0 Å². The van der Waals surface area contributed by atoms with Crippen molar-refractivity contribution in [2.75, 3.05) is 7.05 Å². The highest BCUT2D eigenvalue weighted by atomic mass is 35.5. The summed E-state index contributed by atoms with van der Waals surface area (Å²) in [5.41, 5.74) is 0.814. The SMILES string of the molecule is CNCc1ncn(Cc2ccc(F)cc2Cl)n1. The van der Waals surface area contributed by atoms with E-state index < -0.39 is 0 Å². The monoisotopic (exact) mass is 254 g/mol. The first-order valence-electron chi connectivity index (χ1n) is 5.16. The predicted octanol–water partition coefficient (Wildman–Crippen LogP) is 1.84. The predicted molar refractivity (Wildman–Crippen MR) is 63.3 cm³/mol. The molecule has 0 aliphatic heterocycles. The van der Waals surface area contributed by atoms with E-state index in [4.69, 9.17) is 11.6 Å². The van der Waals surface area contributed by atoms with Crippen LogP contribution in [0.5, 0.6) is 0 Å². The molecule has 1 N–H and O–H groups in total. The van der Waals surface area contributed by atoms with Crippen LogP contribution in [-0.4, -0.2) is 21.8 Å². The molecule has 17 heavy (non-hydrogen) atoms.